The molecule has 2 unspecified atom stereocenters. The number of methoxy groups -OCH3 is 1. The van der Waals surface area contributed by atoms with Gasteiger partial charge in [0.15, 0.2) is 0 Å². The van der Waals surface area contributed by atoms with Crippen LogP contribution in [0.15, 0.2) is 78.9 Å². The van der Waals surface area contributed by atoms with Crippen molar-refractivity contribution >= 4 is 24.1 Å². The molecular weight excluding hydrogens is 540 g/mol. The summed E-state index contributed by atoms with van der Waals surface area (Å²) in [6, 6.07) is 21.8. The lowest BCUT2D eigenvalue weighted by molar-refractivity contribution is -0.143. The molecule has 0 aliphatic rings. The molecule has 10 nitrogen and oxygen atoms in total. The van der Waals surface area contributed by atoms with Crippen LogP contribution in [0.25, 0.3) is 11.1 Å². The van der Waals surface area contributed by atoms with Gasteiger partial charge in [-0.25, -0.2) is 19.2 Å². The zero-order valence-corrected chi connectivity index (χ0v) is 24.1. The lowest BCUT2D eigenvalue weighted by atomic mass is 9.98. The molecule has 2 atom stereocenters. The van der Waals surface area contributed by atoms with Gasteiger partial charge in [0.25, 0.3) is 0 Å². The van der Waals surface area contributed by atoms with Crippen molar-refractivity contribution in [1.82, 2.24) is 10.6 Å². The van der Waals surface area contributed by atoms with Crippen molar-refractivity contribution in [2.24, 2.45) is 0 Å². The summed E-state index contributed by atoms with van der Waals surface area (Å²) in [7, 11) is 1.26. The zero-order valence-electron chi connectivity index (χ0n) is 24.1. The average Bonchev–Trinajstić information content (AvgIpc) is 2.95. The SMILES string of the molecule is COC(=O)C(Cc1ccc(-c2ccc(CC(NC(=O)OCc3ccccc3)C(=O)O)cc2)cc1)NC(=O)OC(C)(C)C. The van der Waals surface area contributed by atoms with Gasteiger partial charge >= 0.3 is 24.1 Å². The van der Waals surface area contributed by atoms with E-state index in [-0.39, 0.29) is 19.4 Å². The number of hydrogen-bond acceptors (Lipinski definition) is 7. The van der Waals surface area contributed by atoms with Crippen LogP contribution in [-0.4, -0.2) is 54.0 Å². The number of alkyl carbamates (subject to hydrolysis) is 2. The standard InChI is InChI=1S/C32H36N2O8/c1-32(2,3)42-31(39)34-27(29(37)40-4)19-22-12-16-25(17-13-22)24-14-10-21(11-15-24)18-26(28(35)36)33-30(38)41-20-23-8-6-5-7-9-23/h5-17,26-27H,18-20H2,1-4H3,(H,33,38)(H,34,39)(H,35,36). The number of aliphatic carboxylic acids is 1. The Hall–Kier alpha value is -4.86. The smallest absolute Gasteiger partial charge is 0.408 e. The fraction of sp³-hybridized carbons (Fsp3) is 0.312. The second-order valence-corrected chi connectivity index (χ2v) is 10.6. The van der Waals surface area contributed by atoms with Crippen LogP contribution < -0.4 is 10.6 Å². The van der Waals surface area contributed by atoms with E-state index < -0.39 is 41.8 Å². The van der Waals surface area contributed by atoms with Gasteiger partial charge in [0.2, 0.25) is 0 Å². The maximum atomic E-state index is 12.2. The summed E-state index contributed by atoms with van der Waals surface area (Å²) in [6.07, 6.45) is -1.23. The first-order valence-corrected chi connectivity index (χ1v) is 13.4. The molecule has 42 heavy (non-hydrogen) atoms. The number of carbonyl (C=O) groups is 4. The van der Waals surface area contributed by atoms with Gasteiger partial charge in [0, 0.05) is 12.8 Å². The Morgan fingerprint density at radius 3 is 1.69 bits per heavy atom. The molecule has 2 amide bonds. The zero-order chi connectivity index (χ0) is 30.7. The Balaban J connectivity index is 1.59. The molecule has 0 bridgehead atoms. The van der Waals surface area contributed by atoms with Gasteiger partial charge in [-0.15, -0.1) is 0 Å². The average molecular weight is 577 g/mol. The van der Waals surface area contributed by atoms with Crippen LogP contribution >= 0.6 is 0 Å². The van der Waals surface area contributed by atoms with Gasteiger partial charge < -0.3 is 30.0 Å². The first-order chi connectivity index (χ1) is 19.9. The van der Waals surface area contributed by atoms with E-state index in [4.69, 9.17) is 14.2 Å². The number of carboxylic acid groups (broad SMARTS) is 1. The molecule has 3 rings (SSSR count). The third-order valence-electron chi connectivity index (χ3n) is 6.10. The number of ether oxygens (including phenoxy) is 3. The highest BCUT2D eigenvalue weighted by Gasteiger charge is 2.25. The van der Waals surface area contributed by atoms with Crippen molar-refractivity contribution < 1.29 is 38.5 Å². The molecule has 0 aliphatic heterocycles. The molecule has 0 radical (unpaired) electrons. The van der Waals surface area contributed by atoms with Crippen molar-refractivity contribution in [1.29, 1.82) is 0 Å². The minimum atomic E-state index is -1.17. The van der Waals surface area contributed by atoms with E-state index in [2.05, 4.69) is 10.6 Å². The second-order valence-electron chi connectivity index (χ2n) is 10.6. The van der Waals surface area contributed by atoms with Crippen LogP contribution in [0.3, 0.4) is 0 Å². The summed E-state index contributed by atoms with van der Waals surface area (Å²) >= 11 is 0. The summed E-state index contributed by atoms with van der Waals surface area (Å²) in [6.45, 7) is 5.24. The van der Waals surface area contributed by atoms with Gasteiger partial charge in [-0.1, -0.05) is 78.9 Å². The van der Waals surface area contributed by atoms with Gasteiger partial charge in [0.05, 0.1) is 7.11 Å². The summed E-state index contributed by atoms with van der Waals surface area (Å²) in [5.74, 6) is -1.75. The first kappa shape index (κ1) is 31.7. The monoisotopic (exact) mass is 576 g/mol. The molecule has 3 N–H and O–H groups in total. The molecule has 0 fully saturated rings. The highest BCUT2D eigenvalue weighted by Crippen LogP contribution is 2.22. The van der Waals surface area contributed by atoms with E-state index in [0.29, 0.717) is 0 Å². The van der Waals surface area contributed by atoms with E-state index >= 15 is 0 Å². The maximum absolute atomic E-state index is 12.2. The Morgan fingerprint density at radius 1 is 0.714 bits per heavy atom. The molecular formula is C32H36N2O8. The lowest BCUT2D eigenvalue weighted by Gasteiger charge is -2.22. The Morgan fingerprint density at radius 2 is 1.21 bits per heavy atom. The molecule has 10 heteroatoms. The Labute approximate surface area is 245 Å². The second kappa shape index (κ2) is 14.7. The van der Waals surface area contributed by atoms with E-state index in [9.17, 15) is 24.3 Å². The van der Waals surface area contributed by atoms with Crippen molar-refractivity contribution in [2.75, 3.05) is 7.11 Å². The number of nitrogens with one attached hydrogen (secondary N) is 2. The number of esters is 1. The van der Waals surface area contributed by atoms with E-state index in [0.717, 1.165) is 27.8 Å². The maximum Gasteiger partial charge on any atom is 0.408 e. The topological polar surface area (TPSA) is 140 Å². The van der Waals surface area contributed by atoms with Gasteiger partial charge in [-0.2, -0.15) is 0 Å². The van der Waals surface area contributed by atoms with Gasteiger partial charge in [0.1, 0.15) is 24.3 Å². The van der Waals surface area contributed by atoms with Crippen molar-refractivity contribution in [3.05, 3.63) is 95.6 Å². The minimum Gasteiger partial charge on any atom is -0.480 e. The third kappa shape index (κ3) is 10.3. The van der Waals surface area contributed by atoms with Crippen molar-refractivity contribution in [3.8, 4) is 11.1 Å². The van der Waals surface area contributed by atoms with Crippen molar-refractivity contribution in [2.45, 2.75) is 57.9 Å². The predicted octanol–water partition coefficient (Wildman–Crippen LogP) is 4.88. The van der Waals surface area contributed by atoms with Crippen molar-refractivity contribution in [3.63, 3.8) is 0 Å². The molecule has 0 spiro atoms. The fourth-order valence-corrected chi connectivity index (χ4v) is 4.03. The van der Waals surface area contributed by atoms with Crippen LogP contribution in [0.4, 0.5) is 9.59 Å². The number of rotatable bonds is 11. The lowest BCUT2D eigenvalue weighted by Crippen LogP contribution is -2.45. The van der Waals surface area contributed by atoms with E-state index in [1.807, 2.05) is 54.6 Å². The quantitative estimate of drug-likeness (QED) is 0.217. The summed E-state index contributed by atoms with van der Waals surface area (Å²) in [4.78, 5) is 48.4. The first-order valence-electron chi connectivity index (χ1n) is 13.4. The largest absolute Gasteiger partial charge is 0.480 e. The highest BCUT2D eigenvalue weighted by molar-refractivity contribution is 5.82. The summed E-state index contributed by atoms with van der Waals surface area (Å²) in [5, 5.41) is 14.6. The number of hydrogen-bond donors (Lipinski definition) is 3. The van der Waals surface area contributed by atoms with Crippen LogP contribution in [0.2, 0.25) is 0 Å². The molecule has 222 valence electrons. The van der Waals surface area contributed by atoms with Crippen LogP contribution in [0.5, 0.6) is 0 Å². The molecule has 3 aromatic carbocycles. The predicted molar refractivity (Wildman–Crippen MR) is 156 cm³/mol. The summed E-state index contributed by atoms with van der Waals surface area (Å²) in [5.41, 5.74) is 3.41. The Kier molecular flexibility index (Phi) is 11.1. The molecule has 0 saturated heterocycles. The van der Waals surface area contributed by atoms with E-state index in [1.165, 1.54) is 7.11 Å². The van der Waals surface area contributed by atoms with Crippen LogP contribution in [0, 0.1) is 0 Å². The van der Waals surface area contributed by atoms with Crippen LogP contribution in [0.1, 0.15) is 37.5 Å². The third-order valence-corrected chi connectivity index (χ3v) is 6.10. The molecule has 3 aromatic rings. The molecule has 0 aliphatic carbocycles. The van der Waals surface area contributed by atoms with Gasteiger partial charge in [-0.05, 0) is 48.6 Å². The highest BCUT2D eigenvalue weighted by atomic mass is 16.6. The normalized spacial score (nSPS) is 12.4. The van der Waals surface area contributed by atoms with E-state index in [1.54, 1.807) is 45.0 Å². The Bertz CT molecular complexity index is 1350. The van der Waals surface area contributed by atoms with Crippen LogP contribution in [-0.2, 0) is 43.2 Å². The fourth-order valence-electron chi connectivity index (χ4n) is 4.03. The molecule has 0 heterocycles. The number of carboxylic acids is 1. The number of carbonyl (C=O) groups excluding carboxylic acids is 3. The minimum absolute atomic E-state index is 0.0378. The molecule has 0 saturated carbocycles. The van der Waals surface area contributed by atoms with Gasteiger partial charge in [-0.3, -0.25) is 0 Å². The number of benzene rings is 3. The molecule has 0 aromatic heterocycles. The number of amides is 2. The summed E-state index contributed by atoms with van der Waals surface area (Å²) < 4.78 is 15.2.